The van der Waals surface area contributed by atoms with E-state index in [0.717, 1.165) is 5.56 Å². The Labute approximate surface area is 81.9 Å². The number of hydrogen-bond donors (Lipinski definition) is 1. The SMILES string of the molecule is CC(NC(=O)CCl)c1cnn(C)c1. The van der Waals surface area contributed by atoms with Gasteiger partial charge in [-0.15, -0.1) is 11.6 Å². The zero-order chi connectivity index (χ0) is 9.84. The molecule has 1 rings (SSSR count). The van der Waals surface area contributed by atoms with Crippen molar-refractivity contribution < 1.29 is 4.79 Å². The Morgan fingerprint density at radius 1 is 1.85 bits per heavy atom. The van der Waals surface area contributed by atoms with Crippen LogP contribution in [-0.2, 0) is 11.8 Å². The molecule has 1 heterocycles. The summed E-state index contributed by atoms with van der Waals surface area (Å²) in [5, 5.41) is 6.74. The second-order valence-corrected chi connectivity index (χ2v) is 3.14. The molecule has 1 aromatic rings. The lowest BCUT2D eigenvalue weighted by molar-refractivity contribution is -0.119. The first-order chi connectivity index (χ1) is 6.13. The summed E-state index contributed by atoms with van der Waals surface area (Å²) in [7, 11) is 1.83. The smallest absolute Gasteiger partial charge is 0.235 e. The summed E-state index contributed by atoms with van der Waals surface area (Å²) < 4.78 is 1.69. The maximum atomic E-state index is 10.9. The summed E-state index contributed by atoms with van der Waals surface area (Å²) >= 11 is 5.36. The first-order valence-electron chi connectivity index (χ1n) is 3.97. The van der Waals surface area contributed by atoms with Crippen LogP contribution in [0, 0.1) is 0 Å². The van der Waals surface area contributed by atoms with Crippen molar-refractivity contribution >= 4 is 17.5 Å². The predicted molar refractivity (Wildman–Crippen MR) is 50.5 cm³/mol. The molecule has 0 saturated heterocycles. The van der Waals surface area contributed by atoms with Crippen LogP contribution in [0.4, 0.5) is 0 Å². The summed E-state index contributed by atoms with van der Waals surface area (Å²) in [6, 6.07) is -0.0417. The van der Waals surface area contributed by atoms with Gasteiger partial charge in [-0.1, -0.05) is 0 Å². The minimum Gasteiger partial charge on any atom is -0.348 e. The molecule has 0 spiro atoms. The number of nitrogens with one attached hydrogen (secondary N) is 1. The van der Waals surface area contributed by atoms with Crippen molar-refractivity contribution in [1.82, 2.24) is 15.1 Å². The van der Waals surface area contributed by atoms with Crippen LogP contribution in [0.5, 0.6) is 0 Å². The van der Waals surface area contributed by atoms with Crippen LogP contribution < -0.4 is 5.32 Å². The van der Waals surface area contributed by atoms with Crippen molar-refractivity contribution in [3.8, 4) is 0 Å². The Hall–Kier alpha value is -1.03. The molecule has 1 N–H and O–H groups in total. The van der Waals surface area contributed by atoms with Crippen LogP contribution in [-0.4, -0.2) is 21.6 Å². The summed E-state index contributed by atoms with van der Waals surface area (Å²) in [4.78, 5) is 10.9. The van der Waals surface area contributed by atoms with Gasteiger partial charge in [0.15, 0.2) is 0 Å². The van der Waals surface area contributed by atoms with Crippen LogP contribution >= 0.6 is 11.6 Å². The number of carbonyl (C=O) groups excluding carboxylic acids is 1. The third-order valence-corrected chi connectivity index (χ3v) is 1.97. The third-order valence-electron chi connectivity index (χ3n) is 1.72. The van der Waals surface area contributed by atoms with E-state index in [4.69, 9.17) is 11.6 Å². The van der Waals surface area contributed by atoms with E-state index in [1.54, 1.807) is 10.9 Å². The largest absolute Gasteiger partial charge is 0.348 e. The van der Waals surface area contributed by atoms with Gasteiger partial charge in [0, 0.05) is 18.8 Å². The number of halogens is 1. The van der Waals surface area contributed by atoms with Crippen LogP contribution in [0.15, 0.2) is 12.4 Å². The fourth-order valence-electron chi connectivity index (χ4n) is 1.03. The monoisotopic (exact) mass is 201 g/mol. The van der Waals surface area contributed by atoms with E-state index in [2.05, 4.69) is 10.4 Å². The van der Waals surface area contributed by atoms with E-state index in [-0.39, 0.29) is 17.8 Å². The Morgan fingerprint density at radius 3 is 3.00 bits per heavy atom. The number of rotatable bonds is 3. The number of alkyl halides is 1. The Morgan fingerprint density at radius 2 is 2.54 bits per heavy atom. The lowest BCUT2D eigenvalue weighted by Crippen LogP contribution is -2.27. The van der Waals surface area contributed by atoms with E-state index in [9.17, 15) is 4.79 Å². The van der Waals surface area contributed by atoms with Crippen molar-refractivity contribution in [2.75, 3.05) is 5.88 Å². The van der Waals surface area contributed by atoms with Gasteiger partial charge in [0.1, 0.15) is 5.88 Å². The zero-order valence-electron chi connectivity index (χ0n) is 7.62. The lowest BCUT2D eigenvalue weighted by Gasteiger charge is -2.09. The highest BCUT2D eigenvalue weighted by Gasteiger charge is 2.09. The highest BCUT2D eigenvalue weighted by atomic mass is 35.5. The molecule has 0 radical (unpaired) electrons. The molecule has 0 aromatic carbocycles. The van der Waals surface area contributed by atoms with Gasteiger partial charge >= 0.3 is 0 Å². The molecule has 1 aromatic heterocycles. The van der Waals surface area contributed by atoms with Gasteiger partial charge in [-0.2, -0.15) is 5.10 Å². The molecule has 1 atom stereocenters. The van der Waals surface area contributed by atoms with Gasteiger partial charge in [-0.3, -0.25) is 9.48 Å². The van der Waals surface area contributed by atoms with Crippen LogP contribution in [0.3, 0.4) is 0 Å². The molecule has 13 heavy (non-hydrogen) atoms. The van der Waals surface area contributed by atoms with E-state index < -0.39 is 0 Å². The molecule has 72 valence electrons. The molecule has 0 aliphatic rings. The predicted octanol–water partition coefficient (Wildman–Crippen LogP) is 0.836. The Balaban J connectivity index is 2.58. The maximum absolute atomic E-state index is 10.9. The number of aromatic nitrogens is 2. The topological polar surface area (TPSA) is 46.9 Å². The number of amides is 1. The highest BCUT2D eigenvalue weighted by molar-refractivity contribution is 6.27. The zero-order valence-corrected chi connectivity index (χ0v) is 8.38. The van der Waals surface area contributed by atoms with Crippen LogP contribution in [0.1, 0.15) is 18.5 Å². The number of carbonyl (C=O) groups is 1. The minimum atomic E-state index is -0.169. The van der Waals surface area contributed by atoms with E-state index in [1.807, 2.05) is 20.2 Å². The van der Waals surface area contributed by atoms with Crippen LogP contribution in [0.25, 0.3) is 0 Å². The average molecular weight is 202 g/mol. The second-order valence-electron chi connectivity index (χ2n) is 2.87. The minimum absolute atomic E-state index is 0.00932. The number of nitrogens with zero attached hydrogens (tertiary/aromatic N) is 2. The number of hydrogen-bond acceptors (Lipinski definition) is 2. The van der Waals surface area contributed by atoms with Gasteiger partial charge in [-0.05, 0) is 6.92 Å². The van der Waals surface area contributed by atoms with Crippen LogP contribution in [0.2, 0.25) is 0 Å². The fraction of sp³-hybridized carbons (Fsp3) is 0.500. The van der Waals surface area contributed by atoms with Gasteiger partial charge in [-0.25, -0.2) is 0 Å². The highest BCUT2D eigenvalue weighted by Crippen LogP contribution is 2.09. The second kappa shape index (κ2) is 4.28. The molecule has 5 heteroatoms. The normalized spacial score (nSPS) is 12.5. The van der Waals surface area contributed by atoms with Gasteiger partial charge in [0.2, 0.25) is 5.91 Å². The molecule has 4 nitrogen and oxygen atoms in total. The molecular formula is C8H12ClN3O. The maximum Gasteiger partial charge on any atom is 0.235 e. The van der Waals surface area contributed by atoms with Crippen molar-refractivity contribution in [2.24, 2.45) is 7.05 Å². The first kappa shape index (κ1) is 10.1. The van der Waals surface area contributed by atoms with Gasteiger partial charge in [0.25, 0.3) is 0 Å². The number of aryl methyl sites for hydroxylation is 1. The van der Waals surface area contributed by atoms with Gasteiger partial charge < -0.3 is 5.32 Å². The molecule has 1 amide bonds. The van der Waals surface area contributed by atoms with E-state index >= 15 is 0 Å². The quantitative estimate of drug-likeness (QED) is 0.737. The van der Waals surface area contributed by atoms with Gasteiger partial charge in [0.05, 0.1) is 12.2 Å². The molecule has 0 aliphatic heterocycles. The average Bonchev–Trinajstić information content (AvgIpc) is 2.51. The Kier molecular flexibility index (Phi) is 3.31. The third kappa shape index (κ3) is 2.73. The molecule has 0 bridgehead atoms. The summed E-state index contributed by atoms with van der Waals surface area (Å²) in [6.45, 7) is 1.89. The van der Waals surface area contributed by atoms with E-state index in [0.29, 0.717) is 0 Å². The standard InChI is InChI=1S/C8H12ClN3O/c1-6(11-8(13)3-9)7-4-10-12(2)5-7/h4-6H,3H2,1-2H3,(H,11,13). The van der Waals surface area contributed by atoms with Crippen molar-refractivity contribution in [3.05, 3.63) is 18.0 Å². The molecule has 1 unspecified atom stereocenters. The molecule has 0 aliphatic carbocycles. The fourth-order valence-corrected chi connectivity index (χ4v) is 1.10. The van der Waals surface area contributed by atoms with E-state index in [1.165, 1.54) is 0 Å². The lowest BCUT2D eigenvalue weighted by atomic mass is 10.2. The molecule has 0 saturated carbocycles. The van der Waals surface area contributed by atoms with Crippen molar-refractivity contribution in [3.63, 3.8) is 0 Å². The summed E-state index contributed by atoms with van der Waals surface area (Å²) in [6.07, 6.45) is 3.58. The van der Waals surface area contributed by atoms with Crippen molar-refractivity contribution in [1.29, 1.82) is 0 Å². The molecule has 0 fully saturated rings. The summed E-state index contributed by atoms with van der Waals surface area (Å²) in [5.74, 6) is -0.178. The first-order valence-corrected chi connectivity index (χ1v) is 4.51. The Bertz CT molecular complexity index is 297. The summed E-state index contributed by atoms with van der Waals surface area (Å²) in [5.41, 5.74) is 0.973. The van der Waals surface area contributed by atoms with Crippen molar-refractivity contribution in [2.45, 2.75) is 13.0 Å². The molecular weight excluding hydrogens is 190 g/mol.